The second-order valence-corrected chi connectivity index (χ2v) is 9.28. The van der Waals surface area contributed by atoms with Gasteiger partial charge in [-0.1, -0.05) is 0 Å². The molecule has 1 aliphatic heterocycles. The quantitative estimate of drug-likeness (QED) is 0.312. The Labute approximate surface area is 210 Å². The van der Waals surface area contributed by atoms with Gasteiger partial charge in [0.1, 0.15) is 5.58 Å². The highest BCUT2D eigenvalue weighted by molar-refractivity contribution is 5.96. The number of furan rings is 1. The molecule has 2 aromatic heterocycles. The second kappa shape index (κ2) is 10.9. The van der Waals surface area contributed by atoms with Gasteiger partial charge in [-0.25, -0.2) is 0 Å². The van der Waals surface area contributed by atoms with Crippen LogP contribution >= 0.6 is 0 Å². The van der Waals surface area contributed by atoms with Crippen LogP contribution in [0.5, 0.6) is 0 Å². The predicted octanol–water partition coefficient (Wildman–Crippen LogP) is 3.65. The summed E-state index contributed by atoms with van der Waals surface area (Å²) in [5.41, 5.74) is 4.91. The number of nitriles is 1. The van der Waals surface area contributed by atoms with E-state index in [9.17, 15) is 10.1 Å². The largest absolute Gasteiger partial charge is 0.451 e. The molecule has 1 fully saturated rings. The number of aliphatic hydroxyl groups excluding tert-OH is 1. The third-order valence-electron chi connectivity index (χ3n) is 6.93. The van der Waals surface area contributed by atoms with Crippen LogP contribution in [0, 0.1) is 11.3 Å². The minimum Gasteiger partial charge on any atom is -0.451 e. The zero-order valence-corrected chi connectivity index (χ0v) is 20.3. The molecule has 3 heterocycles. The fourth-order valence-electron chi connectivity index (χ4n) is 4.93. The Hall–Kier alpha value is -3.80. The maximum absolute atomic E-state index is 12.1. The van der Waals surface area contributed by atoms with Crippen molar-refractivity contribution < 1.29 is 14.3 Å². The average molecular weight is 486 g/mol. The Morgan fingerprint density at radius 1 is 1.11 bits per heavy atom. The van der Waals surface area contributed by atoms with Crippen molar-refractivity contribution in [3.8, 4) is 6.07 Å². The molecular weight excluding hydrogens is 454 g/mol. The molecule has 186 valence electrons. The highest BCUT2D eigenvalue weighted by atomic mass is 16.3. The molecule has 8 nitrogen and oxygen atoms in total. The van der Waals surface area contributed by atoms with E-state index in [4.69, 9.17) is 9.52 Å². The second-order valence-electron chi connectivity index (χ2n) is 9.28. The van der Waals surface area contributed by atoms with Crippen molar-refractivity contribution in [1.29, 1.82) is 5.26 Å². The van der Waals surface area contributed by atoms with Gasteiger partial charge in [0, 0.05) is 60.9 Å². The number of carbonyl (C=O) groups excluding carboxylic acids is 1. The van der Waals surface area contributed by atoms with Crippen LogP contribution in [0.2, 0.25) is 0 Å². The van der Waals surface area contributed by atoms with Gasteiger partial charge in [0.25, 0.3) is 5.91 Å². The van der Waals surface area contributed by atoms with Crippen LogP contribution in [0.3, 0.4) is 0 Å². The number of benzene rings is 2. The summed E-state index contributed by atoms with van der Waals surface area (Å²) >= 11 is 0. The lowest BCUT2D eigenvalue weighted by molar-refractivity contribution is 0.0919. The number of unbranched alkanes of at least 4 members (excludes halogenated alkanes) is 1. The molecular formula is C28H31N5O3. The molecule has 2 aromatic carbocycles. The van der Waals surface area contributed by atoms with Crippen LogP contribution < -0.4 is 10.2 Å². The summed E-state index contributed by atoms with van der Waals surface area (Å²) < 4.78 is 5.67. The van der Waals surface area contributed by atoms with E-state index in [1.165, 1.54) is 5.56 Å². The smallest absolute Gasteiger partial charge is 0.287 e. The van der Waals surface area contributed by atoms with Crippen molar-refractivity contribution >= 4 is 33.5 Å². The minimum absolute atomic E-state index is 0.101. The van der Waals surface area contributed by atoms with E-state index in [0.29, 0.717) is 11.1 Å². The molecule has 1 aliphatic rings. The summed E-state index contributed by atoms with van der Waals surface area (Å²) in [6.07, 6.45) is 5.35. The van der Waals surface area contributed by atoms with Crippen molar-refractivity contribution in [2.45, 2.75) is 19.3 Å². The Morgan fingerprint density at radius 2 is 1.97 bits per heavy atom. The van der Waals surface area contributed by atoms with E-state index in [0.717, 1.165) is 74.0 Å². The number of amides is 1. The summed E-state index contributed by atoms with van der Waals surface area (Å²) in [6.45, 7) is 5.17. The molecule has 0 radical (unpaired) electrons. The maximum atomic E-state index is 12.1. The molecule has 4 aromatic rings. The van der Waals surface area contributed by atoms with Gasteiger partial charge in [-0.05, 0) is 73.8 Å². The van der Waals surface area contributed by atoms with Crippen LogP contribution in [0.15, 0.2) is 53.1 Å². The Balaban J connectivity index is 1.10. The van der Waals surface area contributed by atoms with Gasteiger partial charge in [0.2, 0.25) is 0 Å². The number of aliphatic hydroxyl groups is 1. The lowest BCUT2D eigenvalue weighted by atomic mass is 10.1. The molecule has 5 rings (SSSR count). The van der Waals surface area contributed by atoms with E-state index < -0.39 is 0 Å². The van der Waals surface area contributed by atoms with Gasteiger partial charge in [-0.15, -0.1) is 0 Å². The number of nitrogens with one attached hydrogen (secondary N) is 2. The lowest BCUT2D eigenvalue weighted by Crippen LogP contribution is -2.46. The summed E-state index contributed by atoms with van der Waals surface area (Å²) in [6, 6.07) is 15.9. The van der Waals surface area contributed by atoms with E-state index in [1.807, 2.05) is 24.3 Å². The van der Waals surface area contributed by atoms with Gasteiger partial charge in [0.15, 0.2) is 5.76 Å². The molecule has 1 saturated heterocycles. The summed E-state index contributed by atoms with van der Waals surface area (Å²) in [7, 11) is 0. The Kier molecular flexibility index (Phi) is 7.21. The molecule has 0 atom stereocenters. The molecule has 8 heteroatoms. The number of carbonyl (C=O) groups is 1. The molecule has 36 heavy (non-hydrogen) atoms. The van der Waals surface area contributed by atoms with Gasteiger partial charge >= 0.3 is 0 Å². The zero-order chi connectivity index (χ0) is 24.9. The Bertz CT molecular complexity index is 1390. The van der Waals surface area contributed by atoms with Crippen LogP contribution in [0.1, 0.15) is 34.5 Å². The van der Waals surface area contributed by atoms with E-state index in [-0.39, 0.29) is 24.8 Å². The normalized spacial score (nSPS) is 14.4. The van der Waals surface area contributed by atoms with Crippen molar-refractivity contribution in [3.05, 3.63) is 65.5 Å². The van der Waals surface area contributed by atoms with E-state index in [2.05, 4.69) is 44.5 Å². The number of aromatic amines is 1. The first-order chi connectivity index (χ1) is 17.6. The van der Waals surface area contributed by atoms with Gasteiger partial charge in [0.05, 0.1) is 18.2 Å². The number of rotatable bonds is 9. The lowest BCUT2D eigenvalue weighted by Gasteiger charge is -2.36. The van der Waals surface area contributed by atoms with Crippen molar-refractivity contribution in [2.75, 3.05) is 50.8 Å². The number of hydrogen-bond acceptors (Lipinski definition) is 6. The van der Waals surface area contributed by atoms with Crippen molar-refractivity contribution in [3.63, 3.8) is 0 Å². The number of hydrogen-bond donors (Lipinski definition) is 3. The van der Waals surface area contributed by atoms with Gasteiger partial charge < -0.3 is 24.7 Å². The molecule has 1 amide bonds. The third kappa shape index (κ3) is 5.23. The third-order valence-corrected chi connectivity index (χ3v) is 6.93. The summed E-state index contributed by atoms with van der Waals surface area (Å²) in [5.74, 6) is -0.0504. The van der Waals surface area contributed by atoms with Crippen LogP contribution in [0.4, 0.5) is 5.69 Å². The van der Waals surface area contributed by atoms with Gasteiger partial charge in [-0.3, -0.25) is 9.69 Å². The van der Waals surface area contributed by atoms with Crippen molar-refractivity contribution in [1.82, 2.24) is 15.2 Å². The van der Waals surface area contributed by atoms with E-state index >= 15 is 0 Å². The Morgan fingerprint density at radius 3 is 2.78 bits per heavy atom. The van der Waals surface area contributed by atoms with Crippen molar-refractivity contribution in [2.24, 2.45) is 0 Å². The number of anilines is 1. The number of nitrogens with zero attached hydrogens (tertiary/aromatic N) is 3. The molecule has 0 unspecified atom stereocenters. The SMILES string of the molecule is N#Cc1ccc2[nH]cc(CCCCN3CCN(c4ccc5oc(C(=O)NCCO)cc5c4)CC3)c2c1. The summed E-state index contributed by atoms with van der Waals surface area (Å²) in [5, 5.41) is 22.8. The number of H-pyrrole nitrogens is 1. The first-order valence-corrected chi connectivity index (χ1v) is 12.5. The number of aryl methyl sites for hydroxylation is 1. The number of piperazine rings is 1. The fourth-order valence-corrected chi connectivity index (χ4v) is 4.93. The van der Waals surface area contributed by atoms with Gasteiger partial charge in [-0.2, -0.15) is 5.26 Å². The molecule has 0 bridgehead atoms. The maximum Gasteiger partial charge on any atom is 0.287 e. The highest BCUT2D eigenvalue weighted by Gasteiger charge is 2.18. The zero-order valence-electron chi connectivity index (χ0n) is 20.3. The predicted molar refractivity (Wildman–Crippen MR) is 140 cm³/mol. The first-order valence-electron chi connectivity index (χ1n) is 12.5. The monoisotopic (exact) mass is 485 g/mol. The first kappa shape index (κ1) is 23.9. The molecule has 0 saturated carbocycles. The fraction of sp³-hybridized carbons (Fsp3) is 0.357. The number of fused-ring (bicyclic) bond motifs is 2. The number of aromatic nitrogens is 1. The van der Waals surface area contributed by atoms with Crippen LogP contribution in [-0.2, 0) is 6.42 Å². The standard InChI is InChI=1S/C28H31N5O3/c29-18-20-4-6-25-24(15-20)21(19-31-25)3-1-2-9-32-10-12-33(13-11-32)23-5-7-26-22(16-23)17-27(36-26)28(35)30-8-14-34/h4-7,15-17,19,31,34H,1-3,8-14H2,(H,30,35). The highest BCUT2D eigenvalue weighted by Crippen LogP contribution is 2.26. The molecule has 0 aliphatic carbocycles. The average Bonchev–Trinajstić information content (AvgIpc) is 3.53. The van der Waals surface area contributed by atoms with Crippen LogP contribution in [-0.4, -0.2) is 66.8 Å². The molecule has 3 N–H and O–H groups in total. The topological polar surface area (TPSA) is 109 Å². The van der Waals surface area contributed by atoms with Crippen LogP contribution in [0.25, 0.3) is 21.9 Å². The summed E-state index contributed by atoms with van der Waals surface area (Å²) in [4.78, 5) is 20.3. The molecule has 0 spiro atoms. The minimum atomic E-state index is -0.313. The van der Waals surface area contributed by atoms with E-state index in [1.54, 1.807) is 6.07 Å².